The molecule has 0 aromatic heterocycles. The van der Waals surface area contributed by atoms with Gasteiger partial charge in [0.2, 0.25) is 0 Å². The fourth-order valence-electron chi connectivity index (χ4n) is 0. The molecule has 0 saturated heterocycles. The summed E-state index contributed by atoms with van der Waals surface area (Å²) in [7, 11) is 0. The van der Waals surface area contributed by atoms with E-state index in [1.165, 1.54) is 0 Å². The predicted molar refractivity (Wildman–Crippen MR) is 47.2 cm³/mol. The van der Waals surface area contributed by atoms with E-state index in [-0.39, 0.29) is 80.8 Å². The third-order valence-corrected chi connectivity index (χ3v) is 0. The van der Waals surface area contributed by atoms with Crippen LogP contribution in [0, 0.1) is 71.0 Å². The van der Waals surface area contributed by atoms with Gasteiger partial charge in [-0.25, -0.2) is 31.6 Å². The average Bonchev–Trinajstić information content (AvgIpc) is 2.33. The standard InChI is InChI=1S/6CHN.Cu.Fe.Mn.Na.H/c6*1-2;;;;;/h6*1H;;;;;. The van der Waals surface area contributed by atoms with Crippen molar-refractivity contribution in [2.24, 2.45) is 0 Å². The van der Waals surface area contributed by atoms with Gasteiger partial charge < -0.3 is 0 Å². The summed E-state index contributed by atoms with van der Waals surface area (Å²) in [5, 5.41) is 39.0. The van der Waals surface area contributed by atoms with Crippen molar-refractivity contribution in [2.45, 2.75) is 0 Å². The third kappa shape index (κ3) is 8380. The van der Waals surface area contributed by atoms with Crippen LogP contribution in [0.4, 0.5) is 0 Å². The first-order valence-corrected chi connectivity index (χ1v) is 1.55. The second-order valence-corrected chi connectivity index (χ2v) is 0. The first-order chi connectivity index (χ1) is 6.00. The van der Waals surface area contributed by atoms with Crippen LogP contribution in [0.15, 0.2) is 0 Å². The van der Waals surface area contributed by atoms with Crippen LogP contribution in [0.25, 0.3) is 0 Å². The van der Waals surface area contributed by atoms with Crippen molar-refractivity contribution in [3.8, 4) is 39.4 Å². The van der Waals surface area contributed by atoms with Gasteiger partial charge in [-0.15, -0.1) is 0 Å². The zero-order valence-electron chi connectivity index (χ0n) is 7.18. The molecule has 0 aromatic rings. The van der Waals surface area contributed by atoms with Crippen LogP contribution in [0.5, 0.6) is 0 Å². The molecule has 0 fully saturated rings. The molecule has 0 amide bonds. The Bertz CT molecular complexity index is 108. The minimum atomic E-state index is 0. The average molecular weight is 360 g/mol. The fraction of sp³-hybridized carbons (Fsp3) is 0. The summed E-state index contributed by atoms with van der Waals surface area (Å²) in [6.45, 7) is 21.0. The summed E-state index contributed by atoms with van der Waals surface area (Å²) in [4.78, 5) is 0. The number of hydrogen-bond acceptors (Lipinski definition) is 6. The van der Waals surface area contributed by atoms with E-state index in [0.29, 0.717) is 0 Å². The first-order valence-electron chi connectivity index (χ1n) is 1.55. The molecule has 10 heteroatoms. The number of hydrogen-bond donors (Lipinski definition) is 0. The Hall–Kier alpha value is -0.502. The van der Waals surface area contributed by atoms with Gasteiger partial charge in [-0.2, -0.15) is 0 Å². The van der Waals surface area contributed by atoms with Crippen LogP contribution in [-0.2, 0) is 51.2 Å². The van der Waals surface area contributed by atoms with E-state index < -0.39 is 0 Å². The summed E-state index contributed by atoms with van der Waals surface area (Å²) >= 11 is 0. The van der Waals surface area contributed by atoms with E-state index in [1.807, 2.05) is 0 Å². The molecule has 0 saturated carbocycles. The Morgan fingerprint density at radius 3 is 0.438 bits per heavy atom. The van der Waals surface area contributed by atoms with Gasteiger partial charge in [0.1, 0.15) is 0 Å². The van der Waals surface area contributed by atoms with E-state index in [0.717, 1.165) is 0 Å². The molecule has 0 atom stereocenters. The van der Waals surface area contributed by atoms with Crippen LogP contribution < -0.4 is 0 Å². The molecule has 0 aromatic carbocycles. The SMILES string of the molecule is C#N.C#N.C#N.C#N.C#N.C#N.[Cu].[Fe].[Mn].[NaH]. The molecule has 0 aliphatic carbocycles. The van der Waals surface area contributed by atoms with Gasteiger partial charge in [0.25, 0.3) is 0 Å². The molecular formula is C6H7CuFeMnN6Na. The number of rotatable bonds is 0. The second-order valence-electron chi connectivity index (χ2n) is 0. The van der Waals surface area contributed by atoms with Crippen molar-refractivity contribution >= 4 is 29.6 Å². The van der Waals surface area contributed by atoms with Crippen LogP contribution in [-0.4, -0.2) is 29.6 Å². The molecule has 0 aliphatic heterocycles. The molecule has 16 heavy (non-hydrogen) atoms. The molecule has 0 rings (SSSR count). The Morgan fingerprint density at radius 2 is 0.438 bits per heavy atom. The Balaban J connectivity index is -0.00000000321. The van der Waals surface area contributed by atoms with Crippen LogP contribution >= 0.6 is 0 Å². The van der Waals surface area contributed by atoms with Crippen molar-refractivity contribution in [1.29, 1.82) is 31.6 Å². The molecule has 0 aliphatic rings. The van der Waals surface area contributed by atoms with Gasteiger partial charge in [0.15, 0.2) is 0 Å². The first kappa shape index (κ1) is 108. The third-order valence-electron chi connectivity index (χ3n) is 0. The molecule has 0 spiro atoms. The molecule has 2 radical (unpaired) electrons. The van der Waals surface area contributed by atoms with Crippen molar-refractivity contribution in [2.75, 3.05) is 0 Å². The van der Waals surface area contributed by atoms with E-state index in [1.54, 1.807) is 0 Å². The van der Waals surface area contributed by atoms with E-state index in [2.05, 4.69) is 39.4 Å². The van der Waals surface area contributed by atoms with E-state index in [4.69, 9.17) is 31.6 Å². The van der Waals surface area contributed by atoms with Gasteiger partial charge in [-0.3, -0.25) is 0 Å². The van der Waals surface area contributed by atoms with Gasteiger partial charge in [0.05, 0.1) is 0 Å². The number of nitriles is 6. The Morgan fingerprint density at radius 1 is 0.438 bits per heavy atom. The normalized spacial score (nSPS) is 0.750. The zero-order valence-corrected chi connectivity index (χ0v) is 10.4. The molecule has 0 bridgehead atoms. The Kier molecular flexibility index (Phi) is 70700. The predicted octanol–water partition coefficient (Wildman–Crippen LogP) is 0.183. The fourth-order valence-corrected chi connectivity index (χ4v) is 0. The van der Waals surface area contributed by atoms with Gasteiger partial charge >= 0.3 is 29.6 Å². The molecular weight excluding hydrogens is 353 g/mol. The molecule has 0 unspecified atom stereocenters. The second kappa shape index (κ2) is 10500. The zero-order chi connectivity index (χ0) is 12.0. The summed E-state index contributed by atoms with van der Waals surface area (Å²) in [6, 6.07) is 0. The topological polar surface area (TPSA) is 143 Å². The maximum absolute atomic E-state index is 6.50. The van der Waals surface area contributed by atoms with Gasteiger partial charge in [0, 0.05) is 90.6 Å². The van der Waals surface area contributed by atoms with Crippen molar-refractivity contribution in [3.05, 3.63) is 0 Å². The van der Waals surface area contributed by atoms with E-state index in [9.17, 15) is 0 Å². The van der Waals surface area contributed by atoms with Crippen molar-refractivity contribution in [3.63, 3.8) is 0 Å². The van der Waals surface area contributed by atoms with Crippen LogP contribution in [0.1, 0.15) is 0 Å². The van der Waals surface area contributed by atoms with Crippen LogP contribution in [0.3, 0.4) is 0 Å². The van der Waals surface area contributed by atoms with Crippen molar-refractivity contribution < 1.29 is 51.2 Å². The summed E-state index contributed by atoms with van der Waals surface area (Å²) < 4.78 is 0. The summed E-state index contributed by atoms with van der Waals surface area (Å²) in [5.41, 5.74) is 0. The Labute approximate surface area is 150 Å². The summed E-state index contributed by atoms with van der Waals surface area (Å²) in [5.74, 6) is 0. The quantitative estimate of drug-likeness (QED) is 0.564. The molecule has 0 N–H and O–H groups in total. The van der Waals surface area contributed by atoms with E-state index >= 15 is 0 Å². The monoisotopic (exact) mass is 360 g/mol. The number of nitrogens with zero attached hydrogens (tertiary/aromatic N) is 6. The van der Waals surface area contributed by atoms with Gasteiger partial charge in [-0.1, -0.05) is 0 Å². The van der Waals surface area contributed by atoms with Crippen LogP contribution in [0.2, 0.25) is 0 Å². The van der Waals surface area contributed by atoms with Crippen molar-refractivity contribution in [1.82, 2.24) is 0 Å². The molecule has 6 nitrogen and oxygen atoms in total. The molecule has 0 heterocycles. The van der Waals surface area contributed by atoms with Gasteiger partial charge in [-0.05, 0) is 0 Å². The molecule has 88 valence electrons. The summed E-state index contributed by atoms with van der Waals surface area (Å²) in [6.07, 6.45) is 0. The maximum atomic E-state index is 6.50. The minimum absolute atomic E-state index is 0.